The van der Waals surface area contributed by atoms with E-state index in [1.165, 1.54) is 5.56 Å². The Hall–Kier alpha value is -1.76. The van der Waals surface area contributed by atoms with Crippen LogP contribution in [0.1, 0.15) is 12.5 Å². The molecule has 1 aromatic rings. The van der Waals surface area contributed by atoms with Crippen molar-refractivity contribution < 1.29 is 4.58 Å². The van der Waals surface area contributed by atoms with Crippen LogP contribution in [0.15, 0.2) is 48.6 Å². The molecule has 0 saturated heterocycles. The first kappa shape index (κ1) is 8.82. The molecule has 0 fully saturated rings. The molecule has 0 unspecified atom stereocenters. The van der Waals surface area contributed by atoms with Gasteiger partial charge in [-0.05, 0) is 6.92 Å². The van der Waals surface area contributed by atoms with Crippen LogP contribution in [0, 0.1) is 6.04 Å². The molecule has 0 aromatic heterocycles. The molecule has 1 aromatic carbocycles. The van der Waals surface area contributed by atoms with E-state index in [0.717, 1.165) is 11.7 Å². The van der Waals surface area contributed by atoms with E-state index in [1.807, 2.05) is 22.8 Å². The maximum Gasteiger partial charge on any atom is 0.130 e. The Kier molecular flexibility index (Phi) is 2.23. The van der Waals surface area contributed by atoms with E-state index < -0.39 is 0 Å². The van der Waals surface area contributed by atoms with Crippen LogP contribution in [-0.4, -0.2) is 11.3 Å². The summed E-state index contributed by atoms with van der Waals surface area (Å²) < 4.78 is 1.95. The number of nitrogens with zero attached hydrogens (tertiary/aromatic N) is 1. The zero-order valence-corrected chi connectivity index (χ0v) is 8.27. The van der Waals surface area contributed by atoms with E-state index in [9.17, 15) is 0 Å². The molecule has 70 valence electrons. The Morgan fingerprint density at radius 2 is 1.93 bits per heavy atom. The summed E-state index contributed by atoms with van der Waals surface area (Å²) in [5.74, 6) is 0. The van der Waals surface area contributed by atoms with Gasteiger partial charge in [0.1, 0.15) is 5.70 Å². The lowest BCUT2D eigenvalue weighted by Gasteiger charge is -2.19. The highest BCUT2D eigenvalue weighted by atomic mass is 15.0. The Balaban J connectivity index is 2.40. The maximum atomic E-state index is 4.01. The average molecular weight is 183 g/mol. The summed E-state index contributed by atoms with van der Waals surface area (Å²) in [5, 5.41) is 0. The van der Waals surface area contributed by atoms with Gasteiger partial charge in [0, 0.05) is 5.56 Å². The minimum atomic E-state index is 1.14. The van der Waals surface area contributed by atoms with Gasteiger partial charge in [0.25, 0.3) is 0 Å². The molecule has 1 heterocycles. The third-order valence-electron chi connectivity index (χ3n) is 2.38. The van der Waals surface area contributed by atoms with Crippen LogP contribution >= 0.6 is 0 Å². The summed E-state index contributed by atoms with van der Waals surface area (Å²) in [4.78, 5) is 0. The zero-order valence-electron chi connectivity index (χ0n) is 8.27. The van der Waals surface area contributed by atoms with Crippen molar-refractivity contribution in [3.63, 3.8) is 0 Å². The predicted octanol–water partition coefficient (Wildman–Crippen LogP) is 2.86. The molecule has 0 saturated carbocycles. The van der Waals surface area contributed by atoms with Crippen molar-refractivity contribution >= 4 is 12.4 Å². The summed E-state index contributed by atoms with van der Waals surface area (Å²) in [6, 6.07) is 11.4. The van der Waals surface area contributed by atoms with Gasteiger partial charge in [-0.3, -0.25) is 4.58 Å². The third kappa shape index (κ3) is 1.49. The van der Waals surface area contributed by atoms with Crippen LogP contribution < -0.4 is 0 Å². The summed E-state index contributed by atoms with van der Waals surface area (Å²) in [7, 11) is 0. The van der Waals surface area contributed by atoms with Crippen molar-refractivity contribution in [2.45, 2.75) is 6.92 Å². The minimum absolute atomic E-state index is 1.14. The van der Waals surface area contributed by atoms with E-state index in [2.05, 4.69) is 44.0 Å². The van der Waals surface area contributed by atoms with Crippen molar-refractivity contribution in [2.75, 3.05) is 0 Å². The summed E-state index contributed by atoms with van der Waals surface area (Å²) in [6.45, 7) is 6.07. The molecule has 0 aliphatic carbocycles. The maximum absolute atomic E-state index is 4.01. The lowest BCUT2D eigenvalue weighted by atomic mass is 10.1. The molecule has 0 amide bonds. The van der Waals surface area contributed by atoms with Crippen LogP contribution in [0.5, 0.6) is 0 Å². The molecule has 1 heteroatoms. The normalized spacial score (nSPS) is 15.6. The molecule has 1 aliphatic rings. The number of rotatable bonds is 1. The molecule has 0 radical (unpaired) electrons. The first-order chi connectivity index (χ1) is 6.79. The predicted molar refractivity (Wildman–Crippen MR) is 59.9 cm³/mol. The minimum Gasteiger partial charge on any atom is -0.292 e. The highest BCUT2D eigenvalue weighted by molar-refractivity contribution is 5.63. The van der Waals surface area contributed by atoms with E-state index in [0.29, 0.717) is 0 Å². The highest BCUT2D eigenvalue weighted by Gasteiger charge is 2.12. The fourth-order valence-electron chi connectivity index (χ4n) is 1.51. The van der Waals surface area contributed by atoms with Crippen molar-refractivity contribution in [3.8, 4) is 0 Å². The Morgan fingerprint density at radius 3 is 2.64 bits per heavy atom. The lowest BCUT2D eigenvalue weighted by Crippen LogP contribution is -2.13. The monoisotopic (exact) mass is 183 g/mol. The van der Waals surface area contributed by atoms with Gasteiger partial charge in [-0.1, -0.05) is 42.5 Å². The first-order valence-corrected chi connectivity index (χ1v) is 4.67. The number of benzene rings is 1. The van der Waals surface area contributed by atoms with Crippen molar-refractivity contribution in [1.29, 1.82) is 0 Å². The molecule has 14 heavy (non-hydrogen) atoms. The second-order valence-corrected chi connectivity index (χ2v) is 3.35. The number of hydrogen-bond donors (Lipinski definition) is 0. The molecular weight excluding hydrogens is 170 g/mol. The molecule has 0 atom stereocenters. The van der Waals surface area contributed by atoms with Gasteiger partial charge in [-0.15, -0.1) is 6.08 Å². The molecule has 2 rings (SSSR count). The van der Waals surface area contributed by atoms with Crippen molar-refractivity contribution in [3.05, 3.63) is 60.2 Å². The van der Waals surface area contributed by atoms with E-state index in [-0.39, 0.29) is 0 Å². The van der Waals surface area contributed by atoms with Crippen LogP contribution in [0.25, 0.3) is 5.70 Å². The molecule has 0 bridgehead atoms. The molecule has 1 nitrogen and oxygen atoms in total. The van der Waals surface area contributed by atoms with Gasteiger partial charge in [0.05, 0.1) is 12.8 Å². The average Bonchev–Trinajstić information content (AvgIpc) is 2.23. The number of allylic oxidation sites excluding steroid dienone is 2. The quantitative estimate of drug-likeness (QED) is 0.465. The Bertz CT molecular complexity index is 399. The summed E-state index contributed by atoms with van der Waals surface area (Å²) in [5.41, 5.74) is 2.34. The standard InChI is InChI=1S/C13H13N/c1-11-7-6-10-13(14(11)2)12-8-4-3-5-9-12/h3-10H,2H2,1H3. The Labute approximate surface area is 84.7 Å². The highest BCUT2D eigenvalue weighted by Crippen LogP contribution is 2.23. The van der Waals surface area contributed by atoms with Crippen molar-refractivity contribution in [1.82, 2.24) is 0 Å². The molecule has 1 aliphatic heterocycles. The summed E-state index contributed by atoms with van der Waals surface area (Å²) in [6.07, 6.45) is 6.19. The summed E-state index contributed by atoms with van der Waals surface area (Å²) >= 11 is 0. The second kappa shape index (κ2) is 3.54. The number of hydrogen-bond acceptors (Lipinski definition) is 0. The van der Waals surface area contributed by atoms with Crippen LogP contribution in [0.2, 0.25) is 0 Å². The van der Waals surface area contributed by atoms with Gasteiger partial charge in [0.2, 0.25) is 0 Å². The molecule has 0 spiro atoms. The fourth-order valence-corrected chi connectivity index (χ4v) is 1.51. The van der Waals surface area contributed by atoms with Crippen molar-refractivity contribution in [2.24, 2.45) is 0 Å². The van der Waals surface area contributed by atoms with Crippen LogP contribution in [0.4, 0.5) is 0 Å². The van der Waals surface area contributed by atoms with Crippen LogP contribution in [-0.2, 0) is 0 Å². The molecule has 0 N–H and O–H groups in total. The van der Waals surface area contributed by atoms with Gasteiger partial charge in [0.15, 0.2) is 0 Å². The first-order valence-electron chi connectivity index (χ1n) is 4.67. The lowest BCUT2D eigenvalue weighted by molar-refractivity contribution is -0.397. The Morgan fingerprint density at radius 1 is 1.21 bits per heavy atom. The van der Waals surface area contributed by atoms with E-state index in [4.69, 9.17) is 0 Å². The third-order valence-corrected chi connectivity index (χ3v) is 2.38. The second-order valence-electron chi connectivity index (χ2n) is 3.35. The largest absolute Gasteiger partial charge is 0.292 e. The van der Waals surface area contributed by atoms with Crippen LogP contribution in [0.3, 0.4) is 0 Å². The smallest absolute Gasteiger partial charge is 0.130 e. The van der Waals surface area contributed by atoms with Gasteiger partial charge in [-0.2, -0.15) is 0 Å². The topological polar surface area (TPSA) is 3.01 Å². The van der Waals surface area contributed by atoms with E-state index in [1.54, 1.807) is 0 Å². The fraction of sp³-hybridized carbons (Fsp3) is 0.0769. The van der Waals surface area contributed by atoms with Gasteiger partial charge in [-0.25, -0.2) is 0 Å². The van der Waals surface area contributed by atoms with Gasteiger partial charge >= 0.3 is 0 Å². The van der Waals surface area contributed by atoms with Gasteiger partial charge < -0.3 is 0 Å². The SMILES string of the molecule is C=[N+]1C(c2ccccc2)=CC=C[C-]1C. The zero-order chi connectivity index (χ0) is 9.97. The van der Waals surface area contributed by atoms with E-state index >= 15 is 0 Å². The molecular formula is C13H13N.